The van der Waals surface area contributed by atoms with E-state index < -0.39 is 0 Å². The molecule has 0 amide bonds. The number of para-hydroxylation sites is 1. The topological polar surface area (TPSA) is 69.1 Å². The maximum absolute atomic E-state index is 6.10. The Bertz CT molecular complexity index is 712. The molecule has 0 spiro atoms. The second kappa shape index (κ2) is 4.06. The van der Waals surface area contributed by atoms with E-state index in [4.69, 9.17) is 5.73 Å². The summed E-state index contributed by atoms with van der Waals surface area (Å²) in [5, 5.41) is 13.6. The van der Waals surface area contributed by atoms with Crippen molar-refractivity contribution in [3.05, 3.63) is 29.6 Å². The normalized spacial score (nSPS) is 11.2. The van der Waals surface area contributed by atoms with Crippen molar-refractivity contribution in [2.24, 2.45) is 0 Å². The second-order valence-corrected chi connectivity index (χ2v) is 5.06. The zero-order chi connectivity index (χ0) is 12.7. The molecule has 0 saturated heterocycles. The molecular weight excluding hydrogens is 246 g/mol. The van der Waals surface area contributed by atoms with Gasteiger partial charge in [0.05, 0.1) is 0 Å². The Hall–Kier alpha value is -1.95. The molecule has 92 valence electrons. The molecule has 0 radical (unpaired) electrons. The van der Waals surface area contributed by atoms with Gasteiger partial charge in [-0.2, -0.15) is 9.61 Å². The molecule has 3 rings (SSSR count). The smallest absolute Gasteiger partial charge is 0.234 e. The van der Waals surface area contributed by atoms with E-state index in [2.05, 4.69) is 15.3 Å². The highest BCUT2D eigenvalue weighted by Crippen LogP contribution is 2.31. The van der Waals surface area contributed by atoms with Crippen LogP contribution in [-0.4, -0.2) is 19.8 Å². The quantitative estimate of drug-likeness (QED) is 0.717. The maximum atomic E-state index is 6.10. The molecule has 0 aliphatic heterocycles. The molecule has 6 heteroatoms. The van der Waals surface area contributed by atoms with Gasteiger partial charge in [0.25, 0.3) is 0 Å². The summed E-state index contributed by atoms with van der Waals surface area (Å²) >= 11 is 1.51. The Labute approximate surface area is 108 Å². The molecule has 0 atom stereocenters. The zero-order valence-electron chi connectivity index (χ0n) is 10.2. The molecule has 0 fully saturated rings. The van der Waals surface area contributed by atoms with E-state index in [0.717, 1.165) is 39.0 Å². The Morgan fingerprint density at radius 1 is 1.33 bits per heavy atom. The summed E-state index contributed by atoms with van der Waals surface area (Å²) in [6, 6.07) is 5.97. The fraction of sp³-hybridized carbons (Fsp3) is 0.250. The van der Waals surface area contributed by atoms with Gasteiger partial charge in [-0.1, -0.05) is 30.4 Å². The average Bonchev–Trinajstić information content (AvgIpc) is 2.92. The molecule has 0 saturated carbocycles. The molecule has 0 bridgehead atoms. The van der Waals surface area contributed by atoms with Gasteiger partial charge in [0.2, 0.25) is 4.96 Å². The summed E-state index contributed by atoms with van der Waals surface area (Å²) in [6.07, 6.45) is 0.813. The summed E-state index contributed by atoms with van der Waals surface area (Å²) < 4.78 is 1.79. The van der Waals surface area contributed by atoms with Gasteiger partial charge in [0.1, 0.15) is 5.01 Å². The molecule has 0 unspecified atom stereocenters. The van der Waals surface area contributed by atoms with Crippen molar-refractivity contribution in [1.82, 2.24) is 19.8 Å². The minimum atomic E-state index is 0.778. The van der Waals surface area contributed by atoms with E-state index >= 15 is 0 Å². The van der Waals surface area contributed by atoms with Crippen LogP contribution in [0.25, 0.3) is 15.5 Å². The minimum absolute atomic E-state index is 0.778. The van der Waals surface area contributed by atoms with Gasteiger partial charge in [0.15, 0.2) is 5.82 Å². The number of aromatic nitrogens is 4. The highest BCUT2D eigenvalue weighted by molar-refractivity contribution is 7.19. The highest BCUT2D eigenvalue weighted by atomic mass is 32.1. The van der Waals surface area contributed by atoms with E-state index in [9.17, 15) is 0 Å². The number of nitrogen functional groups attached to an aromatic ring is 1. The van der Waals surface area contributed by atoms with E-state index in [1.807, 2.05) is 32.0 Å². The maximum Gasteiger partial charge on any atom is 0.234 e. The monoisotopic (exact) mass is 259 g/mol. The van der Waals surface area contributed by atoms with Crippen LogP contribution in [0.4, 0.5) is 5.69 Å². The molecule has 18 heavy (non-hydrogen) atoms. The largest absolute Gasteiger partial charge is 0.398 e. The van der Waals surface area contributed by atoms with Crippen molar-refractivity contribution in [2.75, 3.05) is 5.73 Å². The lowest BCUT2D eigenvalue weighted by Gasteiger charge is -2.04. The summed E-state index contributed by atoms with van der Waals surface area (Å²) in [5.41, 5.74) is 8.90. The van der Waals surface area contributed by atoms with Crippen LogP contribution in [0, 0.1) is 6.92 Å². The van der Waals surface area contributed by atoms with Gasteiger partial charge in [-0.3, -0.25) is 0 Å². The van der Waals surface area contributed by atoms with Gasteiger partial charge < -0.3 is 5.73 Å². The van der Waals surface area contributed by atoms with Crippen LogP contribution in [0.2, 0.25) is 0 Å². The number of hydrogen-bond acceptors (Lipinski definition) is 5. The van der Waals surface area contributed by atoms with Crippen LogP contribution in [-0.2, 0) is 6.42 Å². The van der Waals surface area contributed by atoms with Crippen LogP contribution < -0.4 is 5.73 Å². The van der Waals surface area contributed by atoms with Gasteiger partial charge in [-0.15, -0.1) is 10.2 Å². The van der Waals surface area contributed by atoms with Gasteiger partial charge >= 0.3 is 0 Å². The van der Waals surface area contributed by atoms with Crippen LogP contribution in [0.3, 0.4) is 0 Å². The third-order valence-corrected chi connectivity index (χ3v) is 3.86. The molecule has 1 aromatic carbocycles. The first-order chi connectivity index (χ1) is 8.70. The van der Waals surface area contributed by atoms with Crippen molar-refractivity contribution in [1.29, 1.82) is 0 Å². The summed E-state index contributed by atoms with van der Waals surface area (Å²) in [6.45, 7) is 4.03. The number of anilines is 1. The summed E-state index contributed by atoms with van der Waals surface area (Å²) in [5.74, 6) is 0.874. The molecular formula is C12H13N5S. The third-order valence-electron chi connectivity index (χ3n) is 2.93. The minimum Gasteiger partial charge on any atom is -0.398 e. The van der Waals surface area contributed by atoms with E-state index in [1.165, 1.54) is 11.3 Å². The van der Waals surface area contributed by atoms with Gasteiger partial charge in [-0.05, 0) is 18.6 Å². The average molecular weight is 259 g/mol. The van der Waals surface area contributed by atoms with Crippen molar-refractivity contribution >= 4 is 22.0 Å². The first-order valence-electron chi connectivity index (χ1n) is 5.77. The lowest BCUT2D eigenvalue weighted by atomic mass is 10.1. The second-order valence-electron chi connectivity index (χ2n) is 4.11. The molecule has 2 N–H and O–H groups in total. The van der Waals surface area contributed by atoms with Crippen LogP contribution in [0.15, 0.2) is 18.2 Å². The molecule has 5 nitrogen and oxygen atoms in total. The Kier molecular flexibility index (Phi) is 2.52. The number of nitrogens with zero attached hydrogens (tertiary/aromatic N) is 4. The van der Waals surface area contributed by atoms with E-state index in [0.29, 0.717) is 0 Å². The zero-order valence-corrected chi connectivity index (χ0v) is 11.0. The number of benzene rings is 1. The first kappa shape index (κ1) is 11.2. The number of aryl methyl sites for hydroxylation is 2. The molecule has 3 aromatic rings. The molecule has 0 aliphatic rings. The standard InChI is InChI=1S/C12H13N5S/c1-3-9-14-15-12-17(9)16-11(18-12)8-6-4-5-7(2)10(8)13/h4-6H,3,13H2,1-2H3. The van der Waals surface area contributed by atoms with Crippen molar-refractivity contribution < 1.29 is 0 Å². The third kappa shape index (κ3) is 1.57. The summed E-state index contributed by atoms with van der Waals surface area (Å²) in [7, 11) is 0. The molecule has 0 aliphatic carbocycles. The van der Waals surface area contributed by atoms with Crippen LogP contribution in [0.5, 0.6) is 0 Å². The van der Waals surface area contributed by atoms with E-state index in [-0.39, 0.29) is 0 Å². The highest BCUT2D eigenvalue weighted by Gasteiger charge is 2.13. The summed E-state index contributed by atoms with van der Waals surface area (Å²) in [4.78, 5) is 0.808. The van der Waals surface area contributed by atoms with Crippen molar-refractivity contribution in [2.45, 2.75) is 20.3 Å². The number of fused-ring (bicyclic) bond motifs is 1. The Morgan fingerprint density at radius 2 is 2.17 bits per heavy atom. The predicted octanol–water partition coefficient (Wildman–Crippen LogP) is 2.31. The molecule has 2 aromatic heterocycles. The van der Waals surface area contributed by atoms with E-state index in [1.54, 1.807) is 4.52 Å². The predicted molar refractivity (Wildman–Crippen MR) is 72.6 cm³/mol. The Balaban J connectivity index is 2.19. The van der Waals surface area contributed by atoms with Crippen molar-refractivity contribution in [3.8, 4) is 10.6 Å². The van der Waals surface area contributed by atoms with Gasteiger partial charge in [0, 0.05) is 17.7 Å². The lowest BCUT2D eigenvalue weighted by molar-refractivity contribution is 0.838. The number of rotatable bonds is 2. The SMILES string of the molecule is CCc1nnc2sc(-c3cccc(C)c3N)nn12. The van der Waals surface area contributed by atoms with Crippen LogP contribution in [0.1, 0.15) is 18.3 Å². The van der Waals surface area contributed by atoms with Crippen LogP contribution >= 0.6 is 11.3 Å². The Morgan fingerprint density at radius 3 is 2.94 bits per heavy atom. The fourth-order valence-corrected chi connectivity index (χ4v) is 2.75. The molecule has 2 heterocycles. The number of nitrogens with two attached hydrogens (primary N) is 1. The van der Waals surface area contributed by atoms with Crippen molar-refractivity contribution in [3.63, 3.8) is 0 Å². The lowest BCUT2D eigenvalue weighted by Crippen LogP contribution is -1.96. The van der Waals surface area contributed by atoms with Gasteiger partial charge in [-0.25, -0.2) is 0 Å². The first-order valence-corrected chi connectivity index (χ1v) is 6.59. The fourth-order valence-electron chi connectivity index (χ4n) is 1.85. The number of hydrogen-bond donors (Lipinski definition) is 1.